The molecule has 0 unspecified atom stereocenters. The number of carbonyl (C=O) groups is 2. The van der Waals surface area contributed by atoms with Gasteiger partial charge in [-0.3, -0.25) is 14.5 Å². The number of methoxy groups -OCH3 is 2. The molecule has 0 atom stereocenters. The van der Waals surface area contributed by atoms with Crippen LogP contribution in [0.5, 0.6) is 10.1 Å². The molecular formula is C24H22N6O4S2. The van der Waals surface area contributed by atoms with E-state index in [-0.39, 0.29) is 11.8 Å². The third-order valence-electron chi connectivity index (χ3n) is 6.14. The Kier molecular flexibility index (Phi) is 5.69. The van der Waals surface area contributed by atoms with E-state index in [0.29, 0.717) is 24.9 Å². The van der Waals surface area contributed by atoms with Crippen molar-refractivity contribution >= 4 is 40.3 Å². The fourth-order valence-electron chi connectivity index (χ4n) is 4.18. The Bertz CT molecular complexity index is 1470. The van der Waals surface area contributed by atoms with Crippen molar-refractivity contribution in [2.24, 2.45) is 0 Å². The lowest BCUT2D eigenvalue weighted by atomic mass is 10.3. The summed E-state index contributed by atoms with van der Waals surface area (Å²) in [5, 5.41) is 12.5. The molecule has 4 aromatic heterocycles. The molecule has 7 rings (SSSR count). The number of nitrogens with zero attached hydrogens (tertiary/aromatic N) is 5. The summed E-state index contributed by atoms with van der Waals surface area (Å²) in [6.07, 6.45) is 4.06. The molecule has 10 nitrogen and oxygen atoms in total. The number of pyridine rings is 1. The molecule has 3 aliphatic rings. The maximum absolute atomic E-state index is 12.7. The van der Waals surface area contributed by atoms with Crippen molar-refractivity contribution in [1.82, 2.24) is 25.1 Å². The Hall–Kier alpha value is -3.77. The number of ether oxygens (including phenoxy) is 2. The zero-order valence-corrected chi connectivity index (χ0v) is 21.2. The minimum absolute atomic E-state index is 0.0216. The number of rotatable bonds is 5. The van der Waals surface area contributed by atoms with Crippen molar-refractivity contribution in [3.63, 3.8) is 0 Å². The summed E-state index contributed by atoms with van der Waals surface area (Å²) in [4.78, 5) is 31.7. The molecule has 36 heavy (non-hydrogen) atoms. The molecule has 184 valence electrons. The molecule has 2 aliphatic heterocycles. The molecule has 4 aromatic rings. The molecule has 0 spiro atoms. The monoisotopic (exact) mass is 522 g/mol. The fourth-order valence-corrected chi connectivity index (χ4v) is 6.03. The van der Waals surface area contributed by atoms with Gasteiger partial charge in [-0.1, -0.05) is 28.7 Å². The molecule has 0 aromatic carbocycles. The average Bonchev–Trinajstić information content (AvgIpc) is 3.29. The first-order valence-corrected chi connectivity index (χ1v) is 13.0. The lowest BCUT2D eigenvalue weighted by Crippen LogP contribution is -2.24. The van der Waals surface area contributed by atoms with Gasteiger partial charge in [0.15, 0.2) is 16.0 Å². The summed E-state index contributed by atoms with van der Waals surface area (Å²) >= 11 is 2.77. The summed E-state index contributed by atoms with van der Waals surface area (Å²) in [6, 6.07) is 9.97. The maximum atomic E-state index is 12.7. The number of hydrogen-bond acceptors (Lipinski definition) is 9. The molecular weight excluding hydrogens is 500 g/mol. The number of amides is 2. The quantitative estimate of drug-likeness (QED) is 0.423. The standard InChI is InChI=1S/C17H15N5O2S.C7H7NO2S/c1-24-14-7-10-8-21(17(23)15(10)25-14)13-4-2-3-12(19-13)16-20-18-9-22(16)11-5-6-11;1-10-5-2-4-3-8-7(9)6(4)11-5/h2-4,7,9,11H,5-6,8H2,1H3;2H,3H2,1H3,(H,8,9). The van der Waals surface area contributed by atoms with E-state index in [4.69, 9.17) is 9.47 Å². The third kappa shape index (κ3) is 4.01. The summed E-state index contributed by atoms with van der Waals surface area (Å²) in [5.74, 6) is 1.38. The van der Waals surface area contributed by atoms with Gasteiger partial charge in [0.25, 0.3) is 11.8 Å². The van der Waals surface area contributed by atoms with E-state index in [2.05, 4.69) is 25.1 Å². The first kappa shape index (κ1) is 22.7. The van der Waals surface area contributed by atoms with Crippen LogP contribution < -0.4 is 19.7 Å². The van der Waals surface area contributed by atoms with Crippen molar-refractivity contribution in [3.8, 4) is 21.6 Å². The molecule has 6 heterocycles. The minimum atomic E-state index is -0.0309. The number of hydrogen-bond donors (Lipinski definition) is 1. The van der Waals surface area contributed by atoms with E-state index in [1.807, 2.05) is 30.3 Å². The summed E-state index contributed by atoms with van der Waals surface area (Å²) in [7, 11) is 3.23. The molecule has 1 fully saturated rings. The van der Waals surface area contributed by atoms with Crippen LogP contribution in [0.15, 0.2) is 36.7 Å². The van der Waals surface area contributed by atoms with Crippen LogP contribution in [0.25, 0.3) is 11.5 Å². The predicted octanol–water partition coefficient (Wildman–Crippen LogP) is 3.91. The van der Waals surface area contributed by atoms with Gasteiger partial charge in [0.2, 0.25) is 0 Å². The highest BCUT2D eigenvalue weighted by molar-refractivity contribution is 7.16. The van der Waals surface area contributed by atoms with E-state index < -0.39 is 0 Å². The van der Waals surface area contributed by atoms with Gasteiger partial charge in [0, 0.05) is 12.6 Å². The van der Waals surface area contributed by atoms with Gasteiger partial charge in [-0.25, -0.2) is 4.98 Å². The number of carbonyl (C=O) groups excluding carboxylic acids is 2. The van der Waals surface area contributed by atoms with Gasteiger partial charge >= 0.3 is 0 Å². The van der Waals surface area contributed by atoms with Gasteiger partial charge < -0.3 is 19.4 Å². The summed E-state index contributed by atoms with van der Waals surface area (Å²) < 4.78 is 12.3. The summed E-state index contributed by atoms with van der Waals surface area (Å²) in [6.45, 7) is 1.16. The third-order valence-corrected chi connectivity index (χ3v) is 8.41. The average molecular weight is 523 g/mol. The van der Waals surface area contributed by atoms with E-state index >= 15 is 0 Å². The second-order valence-corrected chi connectivity index (χ2v) is 10.5. The largest absolute Gasteiger partial charge is 0.487 e. The van der Waals surface area contributed by atoms with Crippen LogP contribution in [0.1, 0.15) is 49.4 Å². The van der Waals surface area contributed by atoms with Crippen molar-refractivity contribution in [2.75, 3.05) is 19.1 Å². The Morgan fingerprint density at radius 1 is 1.03 bits per heavy atom. The first-order chi connectivity index (χ1) is 17.6. The Labute approximate surface area is 214 Å². The zero-order chi connectivity index (χ0) is 24.8. The summed E-state index contributed by atoms with van der Waals surface area (Å²) in [5.41, 5.74) is 2.78. The SMILES string of the molecule is COc1cc2c(s1)C(=O)N(c1cccc(-c3nncn3C3CC3)n1)C2.COc1cc2c(s1)C(=O)NC2. The molecule has 1 aliphatic carbocycles. The van der Waals surface area contributed by atoms with Crippen LogP contribution in [-0.2, 0) is 13.1 Å². The maximum Gasteiger partial charge on any atom is 0.270 e. The van der Waals surface area contributed by atoms with Crippen molar-refractivity contribution < 1.29 is 19.1 Å². The van der Waals surface area contributed by atoms with E-state index in [1.54, 1.807) is 25.4 Å². The molecule has 2 amide bonds. The van der Waals surface area contributed by atoms with Gasteiger partial charge in [-0.2, -0.15) is 0 Å². The molecule has 0 radical (unpaired) electrons. The van der Waals surface area contributed by atoms with E-state index in [1.165, 1.54) is 22.7 Å². The second-order valence-electron chi connectivity index (χ2n) is 8.50. The number of fused-ring (bicyclic) bond motifs is 2. The van der Waals surface area contributed by atoms with Crippen LogP contribution in [0.4, 0.5) is 5.82 Å². The first-order valence-electron chi connectivity index (χ1n) is 11.4. The molecule has 0 saturated heterocycles. The van der Waals surface area contributed by atoms with Crippen LogP contribution in [0.2, 0.25) is 0 Å². The van der Waals surface area contributed by atoms with Crippen molar-refractivity contribution in [2.45, 2.75) is 32.0 Å². The van der Waals surface area contributed by atoms with E-state index in [9.17, 15) is 9.59 Å². The lowest BCUT2D eigenvalue weighted by Gasteiger charge is -2.15. The van der Waals surface area contributed by atoms with E-state index in [0.717, 1.165) is 55.4 Å². The highest BCUT2D eigenvalue weighted by atomic mass is 32.1. The Morgan fingerprint density at radius 2 is 1.78 bits per heavy atom. The van der Waals surface area contributed by atoms with Crippen LogP contribution in [-0.4, -0.2) is 45.8 Å². The number of aromatic nitrogens is 4. The van der Waals surface area contributed by atoms with Gasteiger partial charge in [0.1, 0.15) is 27.6 Å². The zero-order valence-electron chi connectivity index (χ0n) is 19.6. The van der Waals surface area contributed by atoms with Gasteiger partial charge in [-0.15, -0.1) is 10.2 Å². The predicted molar refractivity (Wildman–Crippen MR) is 135 cm³/mol. The van der Waals surface area contributed by atoms with Gasteiger partial charge in [0.05, 0.1) is 20.8 Å². The number of nitrogens with one attached hydrogen (secondary N) is 1. The van der Waals surface area contributed by atoms with Crippen LogP contribution >= 0.6 is 22.7 Å². The fraction of sp³-hybridized carbons (Fsp3) is 0.292. The lowest BCUT2D eigenvalue weighted by molar-refractivity contribution is 0.0967. The van der Waals surface area contributed by atoms with Crippen LogP contribution in [0, 0.1) is 0 Å². The molecule has 1 saturated carbocycles. The highest BCUT2D eigenvalue weighted by Gasteiger charge is 2.33. The number of thiophene rings is 2. The minimum Gasteiger partial charge on any atom is -0.487 e. The van der Waals surface area contributed by atoms with Crippen molar-refractivity contribution in [3.05, 3.63) is 57.5 Å². The number of anilines is 1. The highest BCUT2D eigenvalue weighted by Crippen LogP contribution is 2.39. The second kappa shape index (κ2) is 9.03. The van der Waals surface area contributed by atoms with Crippen molar-refractivity contribution in [1.29, 1.82) is 0 Å². The van der Waals surface area contributed by atoms with Gasteiger partial charge in [-0.05, 0) is 48.2 Å². The Balaban J connectivity index is 0.000000183. The Morgan fingerprint density at radius 3 is 2.47 bits per heavy atom. The molecule has 0 bridgehead atoms. The normalized spacial score (nSPS) is 15.8. The molecule has 1 N–H and O–H groups in total. The topological polar surface area (TPSA) is 111 Å². The smallest absolute Gasteiger partial charge is 0.270 e. The van der Waals surface area contributed by atoms with Crippen LogP contribution in [0.3, 0.4) is 0 Å². The molecule has 12 heteroatoms.